The molecule has 57 heteroatoms. The van der Waals surface area contributed by atoms with Gasteiger partial charge in [-0.15, -0.1) is 29.6 Å². The molecule has 14 heterocycles. The van der Waals surface area contributed by atoms with Gasteiger partial charge in [0.15, 0.2) is 55.8 Å². The Balaban J connectivity index is 0.000000213. The zero-order valence-electron chi connectivity index (χ0n) is 81.9. The first-order chi connectivity index (χ1) is 68.8. The lowest BCUT2D eigenvalue weighted by Crippen LogP contribution is -2.50. The maximum Gasteiger partial charge on any atom is 0.490 e. The zero-order valence-corrected chi connectivity index (χ0v) is 81.9. The van der Waals surface area contributed by atoms with Gasteiger partial charge in [0, 0.05) is 146 Å². The molecular weight excluding hydrogens is 1950 g/mol. The van der Waals surface area contributed by atoms with Crippen LogP contribution in [0.15, 0.2) is 84.6 Å². The maximum atomic E-state index is 13.0. The highest BCUT2D eigenvalue weighted by Crippen LogP contribution is 2.27. The molecule has 146 heavy (non-hydrogen) atoms. The summed E-state index contributed by atoms with van der Waals surface area (Å²) in [5.41, 5.74) is -0.494. The molecule has 0 spiro atoms. The number of hydrogen-bond donors (Lipinski definition) is 8. The second-order valence-corrected chi connectivity index (χ2v) is 32.5. The minimum absolute atomic E-state index is 0.167. The van der Waals surface area contributed by atoms with Crippen LogP contribution in [0.5, 0.6) is 0 Å². The van der Waals surface area contributed by atoms with E-state index in [1.165, 1.54) is 57.8 Å². The molecule has 0 bridgehead atoms. The Labute approximate surface area is 820 Å². The number of carboxylic acid groups (broad SMARTS) is 3. The van der Waals surface area contributed by atoms with Crippen molar-refractivity contribution in [2.24, 2.45) is 35.2 Å². The van der Waals surface area contributed by atoms with Crippen molar-refractivity contribution in [1.82, 2.24) is 115 Å². The molecule has 10 aromatic heterocycles. The predicted octanol–water partition coefficient (Wildman–Crippen LogP) is 0.0802. The van der Waals surface area contributed by atoms with E-state index < -0.39 is 76.2 Å². The molecule has 8 N–H and O–H groups in total. The third-order valence-electron chi connectivity index (χ3n) is 21.7. The summed E-state index contributed by atoms with van der Waals surface area (Å²) in [7, 11) is 8.48. The van der Waals surface area contributed by atoms with E-state index in [0.29, 0.717) is 135 Å². The van der Waals surface area contributed by atoms with Crippen LogP contribution in [-0.2, 0) is 116 Å². The van der Waals surface area contributed by atoms with Crippen LogP contribution in [0.2, 0.25) is 0 Å². The third kappa shape index (κ3) is 28.0. The predicted molar refractivity (Wildman–Crippen MR) is 516 cm³/mol. The van der Waals surface area contributed by atoms with E-state index in [2.05, 4.69) is 120 Å². The normalized spacial score (nSPS) is 13.5. The van der Waals surface area contributed by atoms with Gasteiger partial charge in [0.2, 0.25) is 23.8 Å². The zero-order chi connectivity index (χ0) is 108. The molecule has 1 amide bonds. The van der Waals surface area contributed by atoms with E-state index in [-0.39, 0.29) is 70.6 Å². The molecule has 0 radical (unpaired) electrons. The summed E-state index contributed by atoms with van der Waals surface area (Å²) in [5.74, 6) is 22.6. The average Bonchev–Trinajstić information content (AvgIpc) is 1.60. The lowest BCUT2D eigenvalue weighted by atomic mass is 10.2. The van der Waals surface area contributed by atoms with Gasteiger partial charge in [-0.3, -0.25) is 93.5 Å². The maximum absolute atomic E-state index is 13.0. The van der Waals surface area contributed by atoms with E-state index in [4.69, 9.17) is 39.4 Å². The van der Waals surface area contributed by atoms with Crippen LogP contribution in [0.1, 0.15) is 67.9 Å². The van der Waals surface area contributed by atoms with Crippen LogP contribution in [0.3, 0.4) is 0 Å². The van der Waals surface area contributed by atoms with Crippen LogP contribution in [0.25, 0.3) is 55.8 Å². The number of ether oxygens (including phenoxy) is 2. The number of aryl methyl sites for hydroxylation is 1. The summed E-state index contributed by atoms with van der Waals surface area (Å²) in [6.45, 7) is 29.8. The largest absolute Gasteiger partial charge is 0.490 e. The van der Waals surface area contributed by atoms with Crippen molar-refractivity contribution in [2.75, 3.05) is 131 Å². The van der Waals surface area contributed by atoms with Gasteiger partial charge in [0.25, 0.3) is 27.8 Å². The molecule has 786 valence electrons. The minimum Gasteiger partial charge on any atom is -0.475 e. The van der Waals surface area contributed by atoms with Crippen molar-refractivity contribution in [2.45, 2.75) is 139 Å². The number of imidazole rings is 5. The van der Waals surface area contributed by atoms with Crippen LogP contribution >= 0.6 is 0 Å². The number of benzene rings is 1. The number of methoxy groups -OCH3 is 1. The molecule has 0 saturated carbocycles. The number of carbonyl (C=O) groups excluding carboxylic acids is 2. The molecule has 0 unspecified atom stereocenters. The number of nitrogens with zero attached hydrogens (tertiary/aromatic N) is 23. The van der Waals surface area contributed by atoms with Gasteiger partial charge in [0.05, 0.1) is 52.7 Å². The summed E-state index contributed by atoms with van der Waals surface area (Å²) >= 11 is 0. The second-order valence-electron chi connectivity index (χ2n) is 32.5. The van der Waals surface area contributed by atoms with Crippen molar-refractivity contribution in [3.8, 4) is 59.2 Å². The highest BCUT2D eigenvalue weighted by molar-refractivity contribution is 5.80. The van der Waals surface area contributed by atoms with E-state index in [1.807, 2.05) is 77.0 Å². The molecule has 1 aromatic carbocycles. The molecule has 0 atom stereocenters. The highest BCUT2D eigenvalue weighted by Gasteiger charge is 2.41. The number of carbonyl (C=O) groups is 5. The number of H-pyrrole nitrogens is 2. The van der Waals surface area contributed by atoms with Crippen LogP contribution in [-0.4, -0.2) is 280 Å². The third-order valence-corrected chi connectivity index (χ3v) is 21.7. The lowest BCUT2D eigenvalue weighted by Gasteiger charge is -2.36. The first-order valence-corrected chi connectivity index (χ1v) is 44.3. The molecule has 48 nitrogen and oxygen atoms in total. The van der Waals surface area contributed by atoms with Crippen molar-refractivity contribution in [3.63, 3.8) is 0 Å². The van der Waals surface area contributed by atoms with Crippen molar-refractivity contribution >= 4 is 110 Å². The topological polar surface area (TPSA) is 548 Å². The fourth-order valence-corrected chi connectivity index (χ4v) is 14.4. The van der Waals surface area contributed by atoms with Crippen molar-refractivity contribution in [1.29, 1.82) is 0 Å². The smallest absolute Gasteiger partial charge is 0.475 e. The van der Waals surface area contributed by atoms with Crippen LogP contribution in [0.4, 0.5) is 68.1 Å². The molecule has 4 aliphatic heterocycles. The number of piperazine rings is 4. The van der Waals surface area contributed by atoms with Gasteiger partial charge in [0.1, 0.15) is 12.1 Å². The number of halogens is 9. The summed E-state index contributed by atoms with van der Waals surface area (Å²) in [5, 5.41) is 31.3. The highest BCUT2D eigenvalue weighted by atomic mass is 19.4. The fraction of sp³-hybridized carbons (Fsp3) is 0.483. The summed E-state index contributed by atoms with van der Waals surface area (Å²) < 4.78 is 124. The number of fused-ring (bicyclic) bond motifs is 5. The summed E-state index contributed by atoms with van der Waals surface area (Å²) in [6, 6.07) is 9.71. The number of alkyl halides is 9. The number of aromatic amines is 2. The number of hydrogen-bond acceptors (Lipinski definition) is 29. The molecule has 4 fully saturated rings. The lowest BCUT2D eigenvalue weighted by molar-refractivity contribution is -0.193. The van der Waals surface area contributed by atoms with Gasteiger partial charge < -0.3 is 69.8 Å². The van der Waals surface area contributed by atoms with E-state index in [0.717, 1.165) is 93.8 Å². The number of amides is 1. The Morgan fingerprint density at radius 2 is 0.719 bits per heavy atom. The SMILES string of the molecule is CC#CCn1c(N2CCN(C(=O)OC(C)(C)C)CC2)nc2[nH]c(=O)n(C)c(=O)c21.CC#CCn1c(N2CCNCC2)nc2c1c(=O)n(C)c(=O)n2CC.CC#CCn1c(N2CCNCC2)nc2c1c(=O)n(C)c(=O)n2CC(=O)OC.CC#CCn1c(N2CCNCC2)nc2c1c(=O)n(C)c(=O)n2Cc1ccccc1.CC#CCn1cnc2[nH]c(=O)n(C)c(=O)c21.O=C(O)C(F)(F)F.O=C(O)C(F)(F)F.O=C(O)C(F)(F)F. The number of anilines is 4. The quantitative estimate of drug-likeness (QED) is 0.0406. The molecule has 0 aliphatic carbocycles. The van der Waals surface area contributed by atoms with E-state index >= 15 is 0 Å². The summed E-state index contributed by atoms with van der Waals surface area (Å²) in [6.07, 6.45) is -14.1. The Morgan fingerprint density at radius 3 is 1.08 bits per heavy atom. The molecule has 11 aromatic rings. The first kappa shape index (κ1) is 115. The monoisotopic (exact) mass is 2060 g/mol. The number of aromatic nitrogens is 20. The number of carboxylic acids is 3. The molecule has 15 rings (SSSR count). The van der Waals surface area contributed by atoms with Crippen molar-refractivity contribution < 1.29 is 88.3 Å². The van der Waals surface area contributed by atoms with E-state index in [9.17, 15) is 97.0 Å². The number of nitrogens with one attached hydrogen (secondary N) is 5. The van der Waals surface area contributed by atoms with Gasteiger partial charge >= 0.3 is 76.9 Å². The fourth-order valence-electron chi connectivity index (χ4n) is 14.4. The average molecular weight is 2060 g/mol. The Kier molecular flexibility index (Phi) is 39.5. The molecule has 4 aliphatic rings. The first-order valence-electron chi connectivity index (χ1n) is 44.3. The molecular formula is C89H107F9N28O20. The van der Waals surface area contributed by atoms with Gasteiger partial charge in [-0.25, -0.2) is 48.1 Å². The summed E-state index contributed by atoms with van der Waals surface area (Å²) in [4.78, 5) is 213. The van der Waals surface area contributed by atoms with Gasteiger partial charge in [-0.2, -0.15) is 59.4 Å². The van der Waals surface area contributed by atoms with Gasteiger partial charge in [-0.05, 0) is 67.9 Å². The standard InChI is InChI=1S/C21H24N6O2.C19H26N6O4.C17H22N6O4.C16H22N6O2.C10H10N4O2.3C2HF3O2/c1-3-4-12-26-17-18(23-20(26)25-13-10-22-11-14-25)27(21(29)24(2)19(17)28)15-16-8-6-5-7-9-16;1-6-7-8-25-13-14(21-17(27)22(5)15(13)26)20-16(25)23-9-11-24(12-10-23)18(28)29-19(2,3)4;1-4-5-8-22-13-14(19-16(22)21-9-6-18-7-10-21)23(11-12(24)27-3)17(26)20(2)15(13)25;1-4-6-9-22-12-13(18-15(22)20-10-7-17-8-11-20)21(5-2)16(24)19(3)14(12)23;1-3-4-5-14-6-11-8-7(14)9(15)13(2)10(16)12-8;3*3-2(4,5)1(6)7/h5-9,22H,10-15H2,1-2H3;8-12H2,1-5H3,(H,21,27);18H,6-11H2,1-3H3;17H,5,7-11H2,1-3H3;6H,5H2,1-2H3,(H,12,16);3*(H,6,7). The van der Waals surface area contributed by atoms with Crippen LogP contribution in [0, 0.1) is 59.2 Å². The molecule has 4 saturated heterocycles. The second kappa shape index (κ2) is 50.4. The number of esters is 1. The van der Waals surface area contributed by atoms with Crippen LogP contribution < -0.4 is 91.8 Å². The Bertz CT molecular complexity index is 7600. The Hall–Kier alpha value is -16.6. The van der Waals surface area contributed by atoms with Crippen molar-refractivity contribution in [3.05, 3.63) is 146 Å². The number of rotatable bonds is 14. The number of aliphatic carboxylic acids is 3. The van der Waals surface area contributed by atoms with E-state index in [1.54, 1.807) is 57.8 Å². The Morgan fingerprint density at radius 1 is 0.404 bits per heavy atom. The minimum atomic E-state index is -5.08. The van der Waals surface area contributed by atoms with Gasteiger partial charge in [-0.1, -0.05) is 59.9 Å².